The van der Waals surface area contributed by atoms with E-state index in [1.807, 2.05) is 19.1 Å². The number of phenolic OH excluding ortho intramolecular Hbond substituents is 1. The largest absolute Gasteiger partial charge is 0.504 e. The summed E-state index contributed by atoms with van der Waals surface area (Å²) >= 11 is 0. The van der Waals surface area contributed by atoms with Gasteiger partial charge in [0, 0.05) is 30.1 Å². The molecule has 1 aromatic carbocycles. The number of phenols is 1. The van der Waals surface area contributed by atoms with Crippen molar-refractivity contribution in [3.63, 3.8) is 0 Å². The highest BCUT2D eigenvalue weighted by Crippen LogP contribution is 2.49. The van der Waals surface area contributed by atoms with E-state index >= 15 is 0 Å². The number of pyridine rings is 1. The Bertz CT molecular complexity index is 779. The predicted molar refractivity (Wildman–Crippen MR) is 122 cm³/mol. The maximum Gasteiger partial charge on any atom is 0.207 e. The maximum absolute atomic E-state index is 10.7. The number of methoxy groups -OCH3 is 2. The van der Waals surface area contributed by atoms with Gasteiger partial charge in [0.15, 0.2) is 11.5 Å². The van der Waals surface area contributed by atoms with Gasteiger partial charge < -0.3 is 24.4 Å². The summed E-state index contributed by atoms with van der Waals surface area (Å²) in [6, 6.07) is 3.83. The highest BCUT2D eigenvalue weighted by molar-refractivity contribution is 5.66. The Morgan fingerprint density at radius 2 is 1.39 bits per heavy atom. The Hall–Kier alpha value is -2.47. The van der Waals surface area contributed by atoms with Gasteiger partial charge >= 0.3 is 0 Å². The summed E-state index contributed by atoms with van der Waals surface area (Å²) in [7, 11) is 3.08. The van der Waals surface area contributed by atoms with Crippen molar-refractivity contribution in [1.82, 2.24) is 4.98 Å². The van der Waals surface area contributed by atoms with Gasteiger partial charge in [-0.3, -0.25) is 4.98 Å². The van der Waals surface area contributed by atoms with Crippen LogP contribution in [0.4, 0.5) is 0 Å². The molecule has 1 heterocycles. The van der Waals surface area contributed by atoms with E-state index in [0.29, 0.717) is 30.5 Å². The van der Waals surface area contributed by atoms with Crippen LogP contribution in [0.2, 0.25) is 0 Å². The van der Waals surface area contributed by atoms with Crippen molar-refractivity contribution >= 4 is 0 Å². The highest BCUT2D eigenvalue weighted by Gasteiger charge is 2.24. The fourth-order valence-corrected chi connectivity index (χ4v) is 3.77. The minimum Gasteiger partial charge on any atom is -0.504 e. The molecule has 31 heavy (non-hydrogen) atoms. The summed E-state index contributed by atoms with van der Waals surface area (Å²) in [4.78, 5) is 4.05. The number of aliphatic hydroxyl groups excluding tert-OH is 1. The Kier molecular flexibility index (Phi) is 11.0. The molecule has 0 aliphatic carbocycles. The molecule has 0 bridgehead atoms. The van der Waals surface area contributed by atoms with Crippen LogP contribution in [-0.4, -0.2) is 36.0 Å². The number of aromatic nitrogens is 1. The number of rotatable bonds is 15. The highest BCUT2D eigenvalue weighted by atomic mass is 16.5. The lowest BCUT2D eigenvalue weighted by Gasteiger charge is -2.21. The second-order valence-electron chi connectivity index (χ2n) is 7.79. The third kappa shape index (κ3) is 7.31. The quantitative estimate of drug-likeness (QED) is 0.370. The van der Waals surface area contributed by atoms with Crippen LogP contribution in [0.5, 0.6) is 23.0 Å². The van der Waals surface area contributed by atoms with Gasteiger partial charge in [0.2, 0.25) is 11.5 Å². The van der Waals surface area contributed by atoms with Crippen molar-refractivity contribution in [2.45, 2.75) is 71.3 Å². The lowest BCUT2D eigenvalue weighted by molar-refractivity contribution is 0.267. The van der Waals surface area contributed by atoms with E-state index in [4.69, 9.17) is 19.3 Å². The van der Waals surface area contributed by atoms with Gasteiger partial charge in [-0.05, 0) is 43.9 Å². The standard InChI is InChI=1S/C25H37NO5/c1-19-21(12-10-8-6-4-5-7-9-11-17-27)23(25(30-3)24(29-2)22(19)28)31-18-20-13-15-26-16-14-20/h13-16,27-28H,4-12,17-18H2,1-3H3. The van der Waals surface area contributed by atoms with Crippen molar-refractivity contribution in [1.29, 1.82) is 0 Å². The molecule has 172 valence electrons. The van der Waals surface area contributed by atoms with Crippen LogP contribution >= 0.6 is 0 Å². The molecule has 0 saturated carbocycles. The van der Waals surface area contributed by atoms with Gasteiger partial charge in [0.1, 0.15) is 6.61 Å². The van der Waals surface area contributed by atoms with Crippen molar-refractivity contribution in [2.24, 2.45) is 0 Å². The normalized spacial score (nSPS) is 10.8. The molecule has 0 saturated heterocycles. The number of unbranched alkanes of at least 4 members (excludes halogenated alkanes) is 7. The fraction of sp³-hybridized carbons (Fsp3) is 0.560. The zero-order chi connectivity index (χ0) is 22.5. The van der Waals surface area contributed by atoms with Crippen LogP contribution in [0, 0.1) is 6.92 Å². The molecule has 0 spiro atoms. The van der Waals surface area contributed by atoms with Gasteiger partial charge in [0.25, 0.3) is 0 Å². The Balaban J connectivity index is 2.06. The minimum absolute atomic E-state index is 0.106. The number of benzene rings is 1. The molecular weight excluding hydrogens is 394 g/mol. The first-order valence-corrected chi connectivity index (χ1v) is 11.2. The summed E-state index contributed by atoms with van der Waals surface area (Å²) in [6.07, 6.45) is 13.2. The predicted octanol–water partition coefficient (Wildman–Crippen LogP) is 5.35. The molecule has 0 radical (unpaired) electrons. The van der Waals surface area contributed by atoms with E-state index in [0.717, 1.165) is 48.8 Å². The van der Waals surface area contributed by atoms with E-state index in [9.17, 15) is 5.11 Å². The van der Waals surface area contributed by atoms with E-state index in [1.54, 1.807) is 19.5 Å². The zero-order valence-electron chi connectivity index (χ0n) is 19.2. The van der Waals surface area contributed by atoms with Crippen molar-refractivity contribution < 1.29 is 24.4 Å². The molecule has 1 aromatic heterocycles. The average Bonchev–Trinajstić information content (AvgIpc) is 2.80. The SMILES string of the molecule is COc1c(O)c(C)c(CCCCCCCCCCO)c(OCc2ccncc2)c1OC. The number of aromatic hydroxyl groups is 1. The number of nitrogens with zero attached hydrogens (tertiary/aromatic N) is 1. The second kappa shape index (κ2) is 13.8. The lowest BCUT2D eigenvalue weighted by Crippen LogP contribution is -2.05. The van der Waals surface area contributed by atoms with Crippen LogP contribution in [0.1, 0.15) is 68.1 Å². The molecule has 0 aliphatic rings. The molecule has 6 heteroatoms. The number of aliphatic hydroxyl groups is 1. The first-order valence-electron chi connectivity index (χ1n) is 11.2. The maximum atomic E-state index is 10.7. The van der Waals surface area contributed by atoms with Crippen LogP contribution in [-0.2, 0) is 13.0 Å². The van der Waals surface area contributed by atoms with Crippen molar-refractivity contribution in [3.8, 4) is 23.0 Å². The Morgan fingerprint density at radius 3 is 1.97 bits per heavy atom. The first kappa shape index (κ1) is 24.8. The molecule has 0 atom stereocenters. The first-order chi connectivity index (χ1) is 15.1. The van der Waals surface area contributed by atoms with Crippen molar-refractivity contribution in [3.05, 3.63) is 41.2 Å². The van der Waals surface area contributed by atoms with Gasteiger partial charge in [-0.25, -0.2) is 0 Å². The van der Waals surface area contributed by atoms with Crippen LogP contribution < -0.4 is 14.2 Å². The lowest BCUT2D eigenvalue weighted by atomic mass is 9.98. The van der Waals surface area contributed by atoms with Gasteiger partial charge in [-0.15, -0.1) is 0 Å². The zero-order valence-corrected chi connectivity index (χ0v) is 19.2. The van der Waals surface area contributed by atoms with E-state index in [-0.39, 0.29) is 5.75 Å². The molecule has 2 rings (SSSR count). The molecule has 2 N–H and O–H groups in total. The number of hydrogen-bond donors (Lipinski definition) is 2. The number of hydrogen-bond acceptors (Lipinski definition) is 6. The third-order valence-corrected chi connectivity index (χ3v) is 5.59. The van der Waals surface area contributed by atoms with Gasteiger partial charge in [0.05, 0.1) is 14.2 Å². The Morgan fingerprint density at radius 1 is 0.806 bits per heavy atom. The smallest absolute Gasteiger partial charge is 0.207 e. The minimum atomic E-state index is 0.106. The molecule has 6 nitrogen and oxygen atoms in total. The summed E-state index contributed by atoms with van der Waals surface area (Å²) < 4.78 is 17.2. The summed E-state index contributed by atoms with van der Waals surface area (Å²) in [6.45, 7) is 2.57. The van der Waals surface area contributed by atoms with Crippen molar-refractivity contribution in [2.75, 3.05) is 20.8 Å². The number of ether oxygens (including phenoxy) is 3. The average molecular weight is 432 g/mol. The van der Waals surface area contributed by atoms with E-state index in [2.05, 4.69) is 4.98 Å². The molecule has 2 aromatic rings. The fourth-order valence-electron chi connectivity index (χ4n) is 3.77. The molecule has 0 fully saturated rings. The topological polar surface area (TPSA) is 81.0 Å². The molecule has 0 amide bonds. The summed E-state index contributed by atoms with van der Waals surface area (Å²) in [5, 5.41) is 19.5. The van der Waals surface area contributed by atoms with E-state index < -0.39 is 0 Å². The van der Waals surface area contributed by atoms with Crippen LogP contribution in [0.3, 0.4) is 0 Å². The van der Waals surface area contributed by atoms with E-state index in [1.165, 1.54) is 32.8 Å². The molecular formula is C25H37NO5. The molecule has 0 aliphatic heterocycles. The van der Waals surface area contributed by atoms with Gasteiger partial charge in [-0.1, -0.05) is 38.5 Å². The summed E-state index contributed by atoms with van der Waals surface area (Å²) in [5.74, 6) is 1.47. The van der Waals surface area contributed by atoms with Gasteiger partial charge in [-0.2, -0.15) is 0 Å². The van der Waals surface area contributed by atoms with Crippen LogP contribution in [0.25, 0.3) is 0 Å². The summed E-state index contributed by atoms with van der Waals surface area (Å²) in [5.41, 5.74) is 2.74. The van der Waals surface area contributed by atoms with Crippen LogP contribution in [0.15, 0.2) is 24.5 Å². The molecule has 0 unspecified atom stereocenters. The second-order valence-corrected chi connectivity index (χ2v) is 7.79. The monoisotopic (exact) mass is 431 g/mol. The third-order valence-electron chi connectivity index (χ3n) is 5.59. The Labute approximate surface area is 186 Å².